The Bertz CT molecular complexity index is 650. The molecule has 2 aliphatic rings. The number of hydrogen-bond donors (Lipinski definition) is 4. The number of benzene rings is 1. The predicted octanol–water partition coefficient (Wildman–Crippen LogP) is 1.59. The number of halogens is 1. The zero-order valence-electron chi connectivity index (χ0n) is 17.2. The third-order valence-corrected chi connectivity index (χ3v) is 5.36. The second-order valence-corrected chi connectivity index (χ2v) is 7.70. The quantitative estimate of drug-likeness (QED) is 0.263. The molecule has 8 heteroatoms. The van der Waals surface area contributed by atoms with Crippen LogP contribution in [0.3, 0.4) is 0 Å². The van der Waals surface area contributed by atoms with E-state index in [2.05, 4.69) is 45.1 Å². The van der Waals surface area contributed by atoms with Crippen LogP contribution in [-0.4, -0.2) is 60.2 Å². The number of amides is 1. The molecular formula is C21H34IN5O2. The van der Waals surface area contributed by atoms with Crippen LogP contribution in [0, 0.1) is 0 Å². The Morgan fingerprint density at radius 1 is 1.21 bits per heavy atom. The maximum absolute atomic E-state index is 11.3. The van der Waals surface area contributed by atoms with Crippen molar-refractivity contribution in [3.8, 4) is 0 Å². The number of hydrogen-bond acceptors (Lipinski definition) is 4. The Morgan fingerprint density at radius 3 is 2.52 bits per heavy atom. The van der Waals surface area contributed by atoms with Gasteiger partial charge in [0.15, 0.2) is 5.96 Å². The molecule has 2 saturated heterocycles. The Hall–Kier alpha value is -1.39. The summed E-state index contributed by atoms with van der Waals surface area (Å²) in [6.07, 6.45) is 3.02. The molecule has 0 radical (unpaired) electrons. The van der Waals surface area contributed by atoms with E-state index in [-0.39, 0.29) is 42.0 Å². The predicted molar refractivity (Wildman–Crippen MR) is 126 cm³/mol. The van der Waals surface area contributed by atoms with Gasteiger partial charge in [-0.25, -0.2) is 4.99 Å². The van der Waals surface area contributed by atoms with Gasteiger partial charge in [0.25, 0.3) is 0 Å². The van der Waals surface area contributed by atoms with Crippen molar-refractivity contribution in [3.63, 3.8) is 0 Å². The molecule has 0 aliphatic carbocycles. The van der Waals surface area contributed by atoms with Crippen molar-refractivity contribution >= 4 is 35.8 Å². The summed E-state index contributed by atoms with van der Waals surface area (Å²) in [6.45, 7) is 6.98. The standard InChI is InChI=1S/C21H33N5O2.HI/c1-2-22-21(25-18-7-8-20(28)23-14-18)24-13-16-3-5-17(6-4-16)15-26-11-9-19(27)10-12-26;/h3-6,18-19,27H,2,7-15H2,1H3,(H,23,28)(H2,22,24,25);1H. The van der Waals surface area contributed by atoms with Crippen molar-refractivity contribution in [1.82, 2.24) is 20.9 Å². The average Bonchev–Trinajstić information content (AvgIpc) is 2.71. The number of aliphatic hydroxyl groups excluding tert-OH is 1. The van der Waals surface area contributed by atoms with Crippen molar-refractivity contribution < 1.29 is 9.90 Å². The van der Waals surface area contributed by atoms with E-state index in [9.17, 15) is 9.90 Å². The number of nitrogens with one attached hydrogen (secondary N) is 3. The van der Waals surface area contributed by atoms with Crippen LogP contribution in [0.5, 0.6) is 0 Å². The summed E-state index contributed by atoms with van der Waals surface area (Å²) >= 11 is 0. The van der Waals surface area contributed by atoms with Crippen LogP contribution in [-0.2, 0) is 17.9 Å². The number of aliphatic hydroxyl groups is 1. The first-order valence-corrected chi connectivity index (χ1v) is 10.4. The normalized spacial score (nSPS) is 21.2. The number of aliphatic imine (C=N–C) groups is 1. The largest absolute Gasteiger partial charge is 0.393 e. The molecule has 1 unspecified atom stereocenters. The molecule has 0 aromatic heterocycles. The van der Waals surface area contributed by atoms with Crippen molar-refractivity contribution in [3.05, 3.63) is 35.4 Å². The van der Waals surface area contributed by atoms with Crippen LogP contribution < -0.4 is 16.0 Å². The average molecular weight is 515 g/mol. The molecule has 7 nitrogen and oxygen atoms in total. The highest BCUT2D eigenvalue weighted by atomic mass is 127. The molecule has 2 aliphatic heterocycles. The molecule has 2 heterocycles. The zero-order chi connectivity index (χ0) is 19.8. The van der Waals surface area contributed by atoms with E-state index in [4.69, 9.17) is 4.99 Å². The van der Waals surface area contributed by atoms with Gasteiger partial charge in [-0.05, 0) is 37.3 Å². The van der Waals surface area contributed by atoms with E-state index in [0.29, 0.717) is 19.5 Å². The van der Waals surface area contributed by atoms with Crippen molar-refractivity contribution in [2.24, 2.45) is 4.99 Å². The first kappa shape index (κ1) is 23.9. The van der Waals surface area contributed by atoms with E-state index < -0.39 is 0 Å². The number of rotatable bonds is 6. The molecule has 29 heavy (non-hydrogen) atoms. The highest BCUT2D eigenvalue weighted by Gasteiger charge is 2.19. The molecule has 3 rings (SSSR count). The summed E-state index contributed by atoms with van der Waals surface area (Å²) in [6, 6.07) is 8.85. The van der Waals surface area contributed by atoms with Crippen molar-refractivity contribution in [2.45, 2.75) is 57.8 Å². The third kappa shape index (κ3) is 8.10. The Labute approximate surface area is 190 Å². The highest BCUT2D eigenvalue weighted by Crippen LogP contribution is 2.14. The molecular weight excluding hydrogens is 481 g/mol. The van der Waals surface area contributed by atoms with E-state index in [1.54, 1.807) is 0 Å². The monoisotopic (exact) mass is 515 g/mol. The fourth-order valence-electron chi connectivity index (χ4n) is 3.63. The van der Waals surface area contributed by atoms with Gasteiger partial charge in [0, 0.05) is 45.2 Å². The van der Waals surface area contributed by atoms with Crippen LogP contribution in [0.25, 0.3) is 0 Å². The number of likely N-dealkylation sites (tertiary alicyclic amines) is 1. The van der Waals surface area contributed by atoms with Gasteiger partial charge < -0.3 is 21.1 Å². The number of piperidine rings is 2. The van der Waals surface area contributed by atoms with Crippen LogP contribution in [0.1, 0.15) is 43.7 Å². The number of nitrogens with zero attached hydrogens (tertiary/aromatic N) is 2. The third-order valence-electron chi connectivity index (χ3n) is 5.36. The molecule has 1 amide bonds. The SMILES string of the molecule is CCNC(=NCc1ccc(CN2CCC(O)CC2)cc1)NC1CCC(=O)NC1.I. The molecule has 1 aromatic carbocycles. The van der Waals surface area contributed by atoms with E-state index >= 15 is 0 Å². The minimum atomic E-state index is -0.124. The van der Waals surface area contributed by atoms with Crippen LogP contribution in [0.2, 0.25) is 0 Å². The Kier molecular flexibility index (Phi) is 10.2. The van der Waals surface area contributed by atoms with Gasteiger partial charge in [-0.2, -0.15) is 0 Å². The molecule has 4 N–H and O–H groups in total. The molecule has 1 atom stereocenters. The second-order valence-electron chi connectivity index (χ2n) is 7.70. The number of guanidine groups is 1. The first-order chi connectivity index (χ1) is 13.6. The molecule has 0 spiro atoms. The lowest BCUT2D eigenvalue weighted by molar-refractivity contribution is -0.122. The minimum absolute atomic E-state index is 0. The van der Waals surface area contributed by atoms with Crippen LogP contribution in [0.4, 0.5) is 0 Å². The van der Waals surface area contributed by atoms with Crippen LogP contribution in [0.15, 0.2) is 29.3 Å². The lowest BCUT2D eigenvalue weighted by Crippen LogP contribution is -2.51. The van der Waals surface area contributed by atoms with Gasteiger partial charge in [0.2, 0.25) is 5.91 Å². The zero-order valence-corrected chi connectivity index (χ0v) is 19.5. The van der Waals surface area contributed by atoms with Gasteiger partial charge >= 0.3 is 0 Å². The van der Waals surface area contributed by atoms with Gasteiger partial charge in [0.05, 0.1) is 12.6 Å². The lowest BCUT2D eigenvalue weighted by Gasteiger charge is -2.29. The smallest absolute Gasteiger partial charge is 0.220 e. The van der Waals surface area contributed by atoms with E-state index in [1.807, 2.05) is 6.92 Å². The summed E-state index contributed by atoms with van der Waals surface area (Å²) in [5, 5.41) is 19.2. The van der Waals surface area contributed by atoms with E-state index in [0.717, 1.165) is 51.4 Å². The molecule has 0 bridgehead atoms. The van der Waals surface area contributed by atoms with E-state index in [1.165, 1.54) is 11.1 Å². The first-order valence-electron chi connectivity index (χ1n) is 10.4. The molecule has 0 saturated carbocycles. The summed E-state index contributed by atoms with van der Waals surface area (Å²) < 4.78 is 0. The summed E-state index contributed by atoms with van der Waals surface area (Å²) in [7, 11) is 0. The van der Waals surface area contributed by atoms with Gasteiger partial charge in [-0.1, -0.05) is 24.3 Å². The van der Waals surface area contributed by atoms with Crippen molar-refractivity contribution in [1.29, 1.82) is 0 Å². The number of carbonyl (C=O) groups is 1. The molecule has 1 aromatic rings. The Balaban J connectivity index is 0.00000300. The second kappa shape index (κ2) is 12.3. The van der Waals surface area contributed by atoms with Gasteiger partial charge in [-0.15, -0.1) is 24.0 Å². The highest BCUT2D eigenvalue weighted by molar-refractivity contribution is 14.0. The lowest BCUT2D eigenvalue weighted by atomic mass is 10.1. The summed E-state index contributed by atoms with van der Waals surface area (Å²) in [5.41, 5.74) is 2.47. The fraction of sp³-hybridized carbons (Fsp3) is 0.619. The van der Waals surface area contributed by atoms with Gasteiger partial charge in [0.1, 0.15) is 0 Å². The summed E-state index contributed by atoms with van der Waals surface area (Å²) in [4.78, 5) is 18.4. The molecule has 162 valence electrons. The maximum atomic E-state index is 11.3. The Morgan fingerprint density at radius 2 is 1.90 bits per heavy atom. The fourth-order valence-corrected chi connectivity index (χ4v) is 3.63. The summed E-state index contributed by atoms with van der Waals surface area (Å²) in [5.74, 6) is 0.917. The topological polar surface area (TPSA) is 89.0 Å². The van der Waals surface area contributed by atoms with Crippen molar-refractivity contribution in [2.75, 3.05) is 26.2 Å². The maximum Gasteiger partial charge on any atom is 0.220 e. The number of carbonyl (C=O) groups excluding carboxylic acids is 1. The minimum Gasteiger partial charge on any atom is -0.393 e. The van der Waals surface area contributed by atoms with Gasteiger partial charge in [-0.3, -0.25) is 9.69 Å². The van der Waals surface area contributed by atoms with Crippen LogP contribution >= 0.6 is 24.0 Å². The molecule has 2 fully saturated rings.